The molecule has 0 saturated carbocycles. The quantitative estimate of drug-likeness (QED) is 0.888. The number of amides is 2. The summed E-state index contributed by atoms with van der Waals surface area (Å²) in [6.07, 6.45) is 9.09. The molecule has 2 aliphatic rings. The van der Waals surface area contributed by atoms with Crippen molar-refractivity contribution in [2.45, 2.75) is 30.7 Å². The Hall–Kier alpha value is -2.70. The van der Waals surface area contributed by atoms with Crippen LogP contribution in [0.2, 0.25) is 0 Å². The highest BCUT2D eigenvalue weighted by atomic mass is 16.2. The van der Waals surface area contributed by atoms with Crippen molar-refractivity contribution in [3.63, 3.8) is 0 Å². The van der Waals surface area contributed by atoms with Crippen molar-refractivity contribution in [1.82, 2.24) is 25.0 Å². The Kier molecular flexibility index (Phi) is 3.78. The fraction of sp³-hybridized carbons (Fsp3) is 0.444. The number of nitrogens with one attached hydrogen (secondary N) is 1. The van der Waals surface area contributed by atoms with Gasteiger partial charge in [0.15, 0.2) is 0 Å². The molecule has 4 rings (SSSR count). The largest absolute Gasteiger partial charge is 0.350 e. The van der Waals surface area contributed by atoms with Gasteiger partial charge in [0, 0.05) is 51.1 Å². The van der Waals surface area contributed by atoms with Crippen LogP contribution in [0.1, 0.15) is 41.1 Å². The average Bonchev–Trinajstić information content (AvgIpc) is 3.19. The van der Waals surface area contributed by atoms with E-state index in [0.29, 0.717) is 25.1 Å². The molecule has 1 spiro atoms. The molecule has 2 saturated heterocycles. The minimum absolute atomic E-state index is 0.00482. The summed E-state index contributed by atoms with van der Waals surface area (Å²) in [5.41, 5.74) is 1.43. The normalized spacial score (nSPS) is 22.2. The molecule has 0 aromatic carbocycles. The number of aromatic nitrogens is 3. The zero-order chi connectivity index (χ0) is 17.4. The number of carbonyl (C=O) groups excluding carboxylic acids is 2. The molecule has 2 aliphatic heterocycles. The van der Waals surface area contributed by atoms with E-state index in [2.05, 4.69) is 15.4 Å². The Morgan fingerprint density at radius 1 is 1.32 bits per heavy atom. The Balaban J connectivity index is 1.51. The first kappa shape index (κ1) is 15.8. The van der Waals surface area contributed by atoms with Crippen LogP contribution in [0.15, 0.2) is 36.9 Å². The van der Waals surface area contributed by atoms with Crippen molar-refractivity contribution in [3.05, 3.63) is 48.0 Å². The Morgan fingerprint density at radius 3 is 2.76 bits per heavy atom. The molecule has 1 atom stereocenters. The summed E-state index contributed by atoms with van der Waals surface area (Å²) in [5, 5.41) is 7.45. The number of pyridine rings is 1. The molecule has 0 bridgehead atoms. The van der Waals surface area contributed by atoms with Gasteiger partial charge >= 0.3 is 0 Å². The zero-order valence-electron chi connectivity index (χ0n) is 14.2. The summed E-state index contributed by atoms with van der Waals surface area (Å²) in [6.45, 7) is 1.26. The van der Waals surface area contributed by atoms with Gasteiger partial charge in [-0.05, 0) is 30.5 Å². The number of carbonyl (C=O) groups is 2. The molecule has 130 valence electrons. The van der Waals surface area contributed by atoms with Crippen LogP contribution in [0, 0.1) is 0 Å². The van der Waals surface area contributed by atoms with E-state index in [-0.39, 0.29) is 23.3 Å². The zero-order valence-corrected chi connectivity index (χ0v) is 14.2. The van der Waals surface area contributed by atoms with Crippen LogP contribution in [0.4, 0.5) is 0 Å². The Bertz CT molecular complexity index is 793. The van der Waals surface area contributed by atoms with Crippen molar-refractivity contribution >= 4 is 11.8 Å². The fourth-order valence-corrected chi connectivity index (χ4v) is 4.11. The Labute approximate surface area is 146 Å². The molecule has 2 fully saturated rings. The number of hydrogen-bond acceptors (Lipinski definition) is 4. The van der Waals surface area contributed by atoms with Gasteiger partial charge in [0.2, 0.25) is 5.91 Å². The minimum Gasteiger partial charge on any atom is -0.350 e. The second-order valence-corrected chi connectivity index (χ2v) is 6.94. The number of likely N-dealkylation sites (tertiary alicyclic amines) is 1. The number of rotatable bonds is 2. The van der Waals surface area contributed by atoms with Gasteiger partial charge in [-0.1, -0.05) is 0 Å². The van der Waals surface area contributed by atoms with Crippen LogP contribution in [0.3, 0.4) is 0 Å². The Morgan fingerprint density at radius 2 is 2.12 bits per heavy atom. The standard InChI is InChI=1S/C18H21N5O2/c1-22-12-14(11-20-22)15-9-16(24)21-18(15)4-7-23(8-5-18)17(25)13-3-2-6-19-10-13/h2-3,6,10-12,15H,4-5,7-9H2,1H3,(H,21,24)/t15-/m1/s1. The molecule has 7 nitrogen and oxygen atoms in total. The van der Waals surface area contributed by atoms with Gasteiger partial charge in [0.25, 0.3) is 5.91 Å². The van der Waals surface area contributed by atoms with E-state index in [4.69, 9.17) is 0 Å². The topological polar surface area (TPSA) is 80.1 Å². The molecule has 2 aromatic heterocycles. The van der Waals surface area contributed by atoms with E-state index in [1.54, 1.807) is 29.2 Å². The van der Waals surface area contributed by atoms with Crippen LogP contribution in [0.25, 0.3) is 0 Å². The first-order valence-corrected chi connectivity index (χ1v) is 8.56. The van der Waals surface area contributed by atoms with E-state index in [1.807, 2.05) is 24.3 Å². The van der Waals surface area contributed by atoms with Gasteiger partial charge in [-0.2, -0.15) is 5.10 Å². The summed E-state index contributed by atoms with van der Waals surface area (Å²) in [5.74, 6) is 0.204. The number of hydrogen-bond donors (Lipinski definition) is 1. The van der Waals surface area contributed by atoms with E-state index >= 15 is 0 Å². The number of nitrogens with zero attached hydrogens (tertiary/aromatic N) is 4. The highest BCUT2D eigenvalue weighted by Crippen LogP contribution is 2.43. The maximum atomic E-state index is 12.6. The van der Waals surface area contributed by atoms with Crippen molar-refractivity contribution in [2.75, 3.05) is 13.1 Å². The second-order valence-electron chi connectivity index (χ2n) is 6.94. The highest BCUT2D eigenvalue weighted by molar-refractivity contribution is 5.94. The van der Waals surface area contributed by atoms with Gasteiger partial charge in [-0.3, -0.25) is 19.3 Å². The maximum absolute atomic E-state index is 12.6. The average molecular weight is 339 g/mol. The lowest BCUT2D eigenvalue weighted by atomic mass is 9.75. The van der Waals surface area contributed by atoms with Crippen LogP contribution in [0.5, 0.6) is 0 Å². The molecular formula is C18H21N5O2. The number of aryl methyl sites for hydroxylation is 1. The first-order valence-electron chi connectivity index (χ1n) is 8.56. The first-order chi connectivity index (χ1) is 12.1. The lowest BCUT2D eigenvalue weighted by Gasteiger charge is -2.42. The molecular weight excluding hydrogens is 318 g/mol. The van der Waals surface area contributed by atoms with Crippen molar-refractivity contribution < 1.29 is 9.59 Å². The highest BCUT2D eigenvalue weighted by Gasteiger charge is 2.49. The monoisotopic (exact) mass is 339 g/mol. The van der Waals surface area contributed by atoms with Gasteiger partial charge in [0.05, 0.1) is 17.3 Å². The third-order valence-electron chi connectivity index (χ3n) is 5.42. The lowest BCUT2D eigenvalue weighted by molar-refractivity contribution is -0.120. The van der Waals surface area contributed by atoms with E-state index in [0.717, 1.165) is 18.4 Å². The van der Waals surface area contributed by atoms with Gasteiger partial charge in [-0.25, -0.2) is 0 Å². The predicted molar refractivity (Wildman–Crippen MR) is 90.8 cm³/mol. The predicted octanol–water partition coefficient (Wildman–Crippen LogP) is 1.09. The molecule has 2 amide bonds. The third kappa shape index (κ3) is 2.79. The summed E-state index contributed by atoms with van der Waals surface area (Å²) in [6, 6.07) is 3.56. The van der Waals surface area contributed by atoms with Crippen molar-refractivity contribution in [2.24, 2.45) is 7.05 Å². The third-order valence-corrected chi connectivity index (χ3v) is 5.42. The van der Waals surface area contributed by atoms with Crippen LogP contribution < -0.4 is 5.32 Å². The van der Waals surface area contributed by atoms with Gasteiger partial charge in [-0.15, -0.1) is 0 Å². The van der Waals surface area contributed by atoms with Crippen molar-refractivity contribution in [3.8, 4) is 0 Å². The summed E-state index contributed by atoms with van der Waals surface area (Å²) >= 11 is 0. The van der Waals surface area contributed by atoms with E-state index in [9.17, 15) is 9.59 Å². The van der Waals surface area contributed by atoms with E-state index < -0.39 is 0 Å². The summed E-state index contributed by atoms with van der Waals surface area (Å²) < 4.78 is 1.77. The minimum atomic E-state index is -0.272. The van der Waals surface area contributed by atoms with Crippen LogP contribution in [-0.2, 0) is 11.8 Å². The lowest BCUT2D eigenvalue weighted by Crippen LogP contribution is -2.54. The molecule has 7 heteroatoms. The summed E-state index contributed by atoms with van der Waals surface area (Å²) in [7, 11) is 1.88. The smallest absolute Gasteiger partial charge is 0.255 e. The van der Waals surface area contributed by atoms with Crippen LogP contribution in [-0.4, -0.2) is 50.1 Å². The second kappa shape index (κ2) is 5.98. The molecule has 2 aromatic rings. The SMILES string of the molecule is Cn1cc([C@H]2CC(=O)NC23CCN(C(=O)c2cccnc2)CC3)cn1. The molecule has 0 unspecified atom stereocenters. The summed E-state index contributed by atoms with van der Waals surface area (Å²) in [4.78, 5) is 30.6. The van der Waals surface area contributed by atoms with Crippen LogP contribution >= 0.6 is 0 Å². The van der Waals surface area contributed by atoms with E-state index in [1.165, 1.54) is 0 Å². The fourth-order valence-electron chi connectivity index (χ4n) is 4.11. The maximum Gasteiger partial charge on any atom is 0.255 e. The van der Waals surface area contributed by atoms with Crippen molar-refractivity contribution in [1.29, 1.82) is 0 Å². The molecule has 25 heavy (non-hydrogen) atoms. The molecule has 0 aliphatic carbocycles. The molecule has 0 radical (unpaired) electrons. The molecule has 4 heterocycles. The van der Waals surface area contributed by atoms with Gasteiger partial charge < -0.3 is 10.2 Å². The number of piperidine rings is 1. The van der Waals surface area contributed by atoms with Gasteiger partial charge in [0.1, 0.15) is 0 Å². The molecule has 1 N–H and O–H groups in total.